The van der Waals surface area contributed by atoms with E-state index >= 15 is 0 Å². The third-order valence-electron chi connectivity index (χ3n) is 5.38. The van der Waals surface area contributed by atoms with Gasteiger partial charge in [-0.1, -0.05) is 18.2 Å². The van der Waals surface area contributed by atoms with Crippen molar-refractivity contribution in [3.63, 3.8) is 0 Å². The second kappa shape index (κ2) is 6.67. The number of hydrogen-bond donors (Lipinski definition) is 2. The molecule has 0 radical (unpaired) electrons. The zero-order chi connectivity index (χ0) is 19.9. The highest BCUT2D eigenvalue weighted by atomic mass is 14.9. The number of nitrogens with zero attached hydrogens (tertiary/aromatic N) is 3. The Balaban J connectivity index is 1.40. The highest BCUT2D eigenvalue weighted by molar-refractivity contribution is 5.91. The van der Waals surface area contributed by atoms with Crippen LogP contribution < -0.4 is 0 Å². The molecule has 0 bridgehead atoms. The molecule has 142 valence electrons. The van der Waals surface area contributed by atoms with E-state index in [0.717, 1.165) is 50.3 Å². The molecule has 0 fully saturated rings. The first kappa shape index (κ1) is 16.7. The van der Waals surface area contributed by atoms with Gasteiger partial charge in [-0.15, -0.1) is 0 Å². The first-order chi connectivity index (χ1) is 14.8. The second-order valence-electron chi connectivity index (χ2n) is 7.27. The van der Waals surface area contributed by atoms with E-state index in [1.54, 1.807) is 12.4 Å². The van der Waals surface area contributed by atoms with Gasteiger partial charge in [0.2, 0.25) is 0 Å². The number of imidazole rings is 1. The lowest BCUT2D eigenvalue weighted by Crippen LogP contribution is -1.80. The number of aromatic nitrogens is 5. The Morgan fingerprint density at radius 1 is 0.533 bits per heavy atom. The quantitative estimate of drug-likeness (QED) is 0.401. The normalized spacial score (nSPS) is 11.3. The highest BCUT2D eigenvalue weighted by Gasteiger charge is 2.09. The van der Waals surface area contributed by atoms with Gasteiger partial charge in [-0.25, -0.2) is 4.98 Å². The van der Waals surface area contributed by atoms with Crippen molar-refractivity contribution in [2.45, 2.75) is 0 Å². The highest BCUT2D eigenvalue weighted by Crippen LogP contribution is 2.30. The van der Waals surface area contributed by atoms with Crippen molar-refractivity contribution in [1.29, 1.82) is 0 Å². The standard InChI is InChI=1S/C25H17N5/c1-2-20-15-22(16-5-9-26-10-6-16)28-23(20)13-18(1)19-3-4-21-24(14-19)30-25(29-21)17-7-11-27-12-8-17/h1-15,28H,(H,29,30). The first-order valence-corrected chi connectivity index (χ1v) is 9.77. The summed E-state index contributed by atoms with van der Waals surface area (Å²) in [7, 11) is 0. The van der Waals surface area contributed by atoms with E-state index < -0.39 is 0 Å². The molecular weight excluding hydrogens is 370 g/mol. The van der Waals surface area contributed by atoms with E-state index in [4.69, 9.17) is 4.98 Å². The van der Waals surface area contributed by atoms with Gasteiger partial charge in [-0.3, -0.25) is 9.97 Å². The average Bonchev–Trinajstić information content (AvgIpc) is 3.43. The fourth-order valence-electron chi connectivity index (χ4n) is 3.83. The molecule has 0 amide bonds. The van der Waals surface area contributed by atoms with Crippen molar-refractivity contribution in [1.82, 2.24) is 24.9 Å². The van der Waals surface area contributed by atoms with Crippen molar-refractivity contribution >= 4 is 21.9 Å². The zero-order valence-corrected chi connectivity index (χ0v) is 16.0. The summed E-state index contributed by atoms with van der Waals surface area (Å²) in [6.07, 6.45) is 7.18. The minimum absolute atomic E-state index is 0.853. The van der Waals surface area contributed by atoms with Crippen molar-refractivity contribution < 1.29 is 0 Å². The molecule has 0 aliphatic rings. The topological polar surface area (TPSA) is 70.2 Å². The van der Waals surface area contributed by atoms with Crippen molar-refractivity contribution in [3.05, 3.63) is 91.5 Å². The molecule has 0 atom stereocenters. The van der Waals surface area contributed by atoms with Gasteiger partial charge in [0.15, 0.2) is 0 Å². The lowest BCUT2D eigenvalue weighted by molar-refractivity contribution is 1.28. The Bertz CT molecular complexity index is 1360. The summed E-state index contributed by atoms with van der Waals surface area (Å²) in [6, 6.07) is 23.0. The fourth-order valence-corrected chi connectivity index (χ4v) is 3.83. The van der Waals surface area contributed by atoms with E-state index in [2.05, 4.69) is 62.4 Å². The summed E-state index contributed by atoms with van der Waals surface area (Å²) in [5, 5.41) is 1.19. The Labute approximate surface area is 172 Å². The molecule has 5 nitrogen and oxygen atoms in total. The van der Waals surface area contributed by atoms with Crippen molar-refractivity contribution in [3.8, 4) is 33.8 Å². The third kappa shape index (κ3) is 2.84. The molecule has 0 spiro atoms. The fraction of sp³-hybridized carbons (Fsp3) is 0. The number of benzene rings is 2. The van der Waals surface area contributed by atoms with Gasteiger partial charge in [0, 0.05) is 52.5 Å². The molecule has 30 heavy (non-hydrogen) atoms. The molecule has 5 heteroatoms. The van der Waals surface area contributed by atoms with Crippen LogP contribution in [0.1, 0.15) is 0 Å². The van der Waals surface area contributed by atoms with Gasteiger partial charge in [0.05, 0.1) is 11.0 Å². The van der Waals surface area contributed by atoms with Crippen LogP contribution in [-0.4, -0.2) is 24.9 Å². The lowest BCUT2D eigenvalue weighted by Gasteiger charge is -2.02. The van der Waals surface area contributed by atoms with Gasteiger partial charge in [0.1, 0.15) is 5.82 Å². The number of H-pyrrole nitrogens is 2. The van der Waals surface area contributed by atoms with Gasteiger partial charge in [0.25, 0.3) is 0 Å². The Morgan fingerprint density at radius 2 is 1.23 bits per heavy atom. The lowest BCUT2D eigenvalue weighted by atomic mass is 10.0. The number of aromatic amines is 2. The third-order valence-corrected chi connectivity index (χ3v) is 5.38. The molecule has 2 N–H and O–H groups in total. The summed E-state index contributed by atoms with van der Waals surface area (Å²) in [6.45, 7) is 0. The second-order valence-corrected chi connectivity index (χ2v) is 7.27. The van der Waals surface area contributed by atoms with Gasteiger partial charge >= 0.3 is 0 Å². The van der Waals surface area contributed by atoms with Crippen LogP contribution in [0.3, 0.4) is 0 Å². The van der Waals surface area contributed by atoms with E-state index in [0.29, 0.717) is 0 Å². The first-order valence-electron chi connectivity index (χ1n) is 9.77. The number of rotatable bonds is 3. The van der Waals surface area contributed by atoms with Crippen molar-refractivity contribution in [2.75, 3.05) is 0 Å². The minimum atomic E-state index is 0.853. The van der Waals surface area contributed by atoms with Crippen LogP contribution in [0.15, 0.2) is 91.5 Å². The van der Waals surface area contributed by atoms with Gasteiger partial charge in [-0.05, 0) is 59.7 Å². The van der Waals surface area contributed by atoms with Crippen LogP contribution in [0.5, 0.6) is 0 Å². The number of fused-ring (bicyclic) bond motifs is 2. The van der Waals surface area contributed by atoms with Crippen LogP contribution in [0, 0.1) is 0 Å². The summed E-state index contributed by atoms with van der Waals surface area (Å²) in [5.74, 6) is 0.853. The molecular formula is C25H17N5. The number of pyridine rings is 2. The molecule has 0 saturated heterocycles. The average molecular weight is 387 g/mol. The van der Waals surface area contributed by atoms with Crippen LogP contribution in [0.25, 0.3) is 55.7 Å². The maximum atomic E-state index is 4.78. The largest absolute Gasteiger partial charge is 0.355 e. The van der Waals surface area contributed by atoms with E-state index in [1.807, 2.05) is 36.7 Å². The van der Waals surface area contributed by atoms with Crippen LogP contribution in [0.4, 0.5) is 0 Å². The number of nitrogens with one attached hydrogen (secondary N) is 2. The van der Waals surface area contributed by atoms with E-state index in [-0.39, 0.29) is 0 Å². The zero-order valence-electron chi connectivity index (χ0n) is 16.0. The molecule has 4 aromatic heterocycles. The van der Waals surface area contributed by atoms with Gasteiger partial charge < -0.3 is 9.97 Å². The molecule has 0 unspecified atom stereocenters. The molecule has 2 aromatic carbocycles. The Hall–Kier alpha value is -4.25. The summed E-state index contributed by atoms with van der Waals surface area (Å²) >= 11 is 0. The molecule has 0 saturated carbocycles. The monoisotopic (exact) mass is 387 g/mol. The van der Waals surface area contributed by atoms with Crippen molar-refractivity contribution in [2.24, 2.45) is 0 Å². The summed E-state index contributed by atoms with van der Waals surface area (Å²) in [4.78, 5) is 19.9. The summed E-state index contributed by atoms with van der Waals surface area (Å²) in [5.41, 5.74) is 8.62. The minimum Gasteiger partial charge on any atom is -0.355 e. The van der Waals surface area contributed by atoms with E-state index in [9.17, 15) is 0 Å². The molecule has 6 aromatic rings. The van der Waals surface area contributed by atoms with Crippen LogP contribution in [-0.2, 0) is 0 Å². The molecule has 0 aliphatic heterocycles. The van der Waals surface area contributed by atoms with E-state index in [1.165, 1.54) is 5.39 Å². The molecule has 0 aliphatic carbocycles. The molecule has 6 rings (SSSR count). The SMILES string of the molecule is c1cc(-c2cc3ccc(-c4ccc5[nH]c(-c6ccncc6)nc5c4)cc3[nH]2)ccn1. The maximum absolute atomic E-state index is 4.78. The smallest absolute Gasteiger partial charge is 0.138 e. The molecule has 4 heterocycles. The Kier molecular flexibility index (Phi) is 3.71. The predicted molar refractivity (Wildman–Crippen MR) is 120 cm³/mol. The van der Waals surface area contributed by atoms with Crippen LogP contribution in [0.2, 0.25) is 0 Å². The summed E-state index contributed by atoms with van der Waals surface area (Å²) < 4.78 is 0. The number of hydrogen-bond acceptors (Lipinski definition) is 3. The van der Waals surface area contributed by atoms with Gasteiger partial charge in [-0.2, -0.15) is 0 Å². The predicted octanol–water partition coefficient (Wildman–Crippen LogP) is 5.84. The van der Waals surface area contributed by atoms with Crippen LogP contribution >= 0.6 is 0 Å². The maximum Gasteiger partial charge on any atom is 0.138 e. The Morgan fingerprint density at radius 3 is 2.03 bits per heavy atom.